The van der Waals surface area contributed by atoms with Crippen molar-refractivity contribution >= 4 is 11.9 Å². The van der Waals surface area contributed by atoms with Crippen LogP contribution in [0.2, 0.25) is 0 Å². The second-order valence-corrected chi connectivity index (χ2v) is 5.98. The van der Waals surface area contributed by atoms with Gasteiger partial charge in [-0.3, -0.25) is 9.59 Å². The van der Waals surface area contributed by atoms with Crippen LogP contribution in [0.5, 0.6) is 0 Å². The van der Waals surface area contributed by atoms with Gasteiger partial charge in [0, 0.05) is 5.92 Å². The molecule has 0 aliphatic heterocycles. The molecule has 0 amide bonds. The van der Waals surface area contributed by atoms with E-state index in [-0.39, 0.29) is 11.8 Å². The van der Waals surface area contributed by atoms with E-state index < -0.39 is 17.4 Å². The van der Waals surface area contributed by atoms with Gasteiger partial charge in [-0.05, 0) is 30.7 Å². The lowest BCUT2D eigenvalue weighted by Gasteiger charge is -2.32. The fourth-order valence-electron chi connectivity index (χ4n) is 4.17. The quantitative estimate of drug-likeness (QED) is 0.489. The average Bonchev–Trinajstić information content (AvgIpc) is 3.12. The van der Waals surface area contributed by atoms with Crippen molar-refractivity contribution in [3.05, 3.63) is 47.5 Å². The Morgan fingerprint density at radius 3 is 2.32 bits per heavy atom. The number of esters is 2. The van der Waals surface area contributed by atoms with Crippen molar-refractivity contribution in [2.75, 3.05) is 14.2 Å². The molecular formula is C18H20O4. The lowest BCUT2D eigenvalue weighted by molar-refractivity contribution is -0.170. The van der Waals surface area contributed by atoms with E-state index in [1.54, 1.807) is 0 Å². The second kappa shape index (κ2) is 5.59. The molecule has 3 rings (SSSR count). The zero-order chi connectivity index (χ0) is 15.7. The van der Waals surface area contributed by atoms with E-state index in [1.165, 1.54) is 19.8 Å². The van der Waals surface area contributed by atoms with Crippen molar-refractivity contribution in [2.45, 2.75) is 25.2 Å². The highest BCUT2D eigenvalue weighted by Gasteiger charge is 2.63. The van der Waals surface area contributed by atoms with E-state index in [4.69, 9.17) is 9.47 Å². The summed E-state index contributed by atoms with van der Waals surface area (Å²) >= 11 is 0. The maximum atomic E-state index is 12.6. The number of hydrogen-bond acceptors (Lipinski definition) is 4. The molecule has 2 aliphatic rings. The van der Waals surface area contributed by atoms with Crippen LogP contribution in [0, 0.1) is 11.3 Å². The summed E-state index contributed by atoms with van der Waals surface area (Å²) in [5.74, 6) is -1.00. The first-order chi connectivity index (χ1) is 10.6. The molecule has 0 N–H and O–H groups in total. The number of carbonyl (C=O) groups is 2. The number of methoxy groups -OCH3 is 2. The molecule has 0 saturated heterocycles. The predicted octanol–water partition coefficient (Wildman–Crippen LogP) is 2.84. The molecule has 4 nitrogen and oxygen atoms in total. The van der Waals surface area contributed by atoms with Gasteiger partial charge in [0.2, 0.25) is 0 Å². The number of fused-ring (bicyclic) bond motifs is 1. The van der Waals surface area contributed by atoms with Gasteiger partial charge in [0.05, 0.1) is 14.2 Å². The average molecular weight is 300 g/mol. The topological polar surface area (TPSA) is 52.6 Å². The summed E-state index contributed by atoms with van der Waals surface area (Å²) in [6, 6.07) is 9.76. The van der Waals surface area contributed by atoms with Crippen LogP contribution in [0.15, 0.2) is 42.0 Å². The SMILES string of the molecule is COC(=O)C1(C(=O)OC)CC2=CCCC2C1c1ccccc1. The minimum atomic E-state index is -1.26. The Labute approximate surface area is 130 Å². The molecule has 0 bridgehead atoms. The van der Waals surface area contributed by atoms with Gasteiger partial charge in [-0.2, -0.15) is 0 Å². The van der Waals surface area contributed by atoms with Gasteiger partial charge in [-0.25, -0.2) is 0 Å². The fraction of sp³-hybridized carbons (Fsp3) is 0.444. The minimum absolute atomic E-state index is 0.209. The molecule has 4 heteroatoms. The monoisotopic (exact) mass is 300 g/mol. The third-order valence-electron chi connectivity index (χ3n) is 5.03. The Kier molecular flexibility index (Phi) is 3.77. The first-order valence-corrected chi connectivity index (χ1v) is 7.56. The number of allylic oxidation sites excluding steroid dienone is 2. The zero-order valence-corrected chi connectivity index (χ0v) is 12.9. The van der Waals surface area contributed by atoms with Crippen LogP contribution in [-0.2, 0) is 19.1 Å². The van der Waals surface area contributed by atoms with Gasteiger partial charge in [0.15, 0.2) is 5.41 Å². The Balaban J connectivity index is 2.17. The Bertz CT molecular complexity index is 601. The lowest BCUT2D eigenvalue weighted by atomic mass is 9.71. The number of benzene rings is 1. The molecule has 1 fully saturated rings. The maximum absolute atomic E-state index is 12.6. The van der Waals surface area contributed by atoms with Crippen LogP contribution in [0.3, 0.4) is 0 Å². The van der Waals surface area contributed by atoms with Crippen LogP contribution >= 0.6 is 0 Å². The molecule has 1 saturated carbocycles. The Morgan fingerprint density at radius 2 is 1.73 bits per heavy atom. The third kappa shape index (κ3) is 1.97. The van der Waals surface area contributed by atoms with Crippen LogP contribution < -0.4 is 0 Å². The first-order valence-electron chi connectivity index (χ1n) is 7.56. The summed E-state index contributed by atoms with van der Waals surface area (Å²) < 4.78 is 10.0. The summed E-state index contributed by atoms with van der Waals surface area (Å²) in [4.78, 5) is 25.2. The Morgan fingerprint density at radius 1 is 1.09 bits per heavy atom. The molecule has 1 aromatic rings. The summed E-state index contributed by atoms with van der Waals surface area (Å²) in [5.41, 5.74) is 0.917. The van der Waals surface area contributed by atoms with E-state index in [9.17, 15) is 9.59 Å². The van der Waals surface area contributed by atoms with Crippen LogP contribution in [0.4, 0.5) is 0 Å². The summed E-state index contributed by atoms with van der Waals surface area (Å²) in [5, 5.41) is 0. The lowest BCUT2D eigenvalue weighted by Crippen LogP contribution is -2.44. The van der Waals surface area contributed by atoms with E-state index >= 15 is 0 Å². The van der Waals surface area contributed by atoms with Gasteiger partial charge in [0.25, 0.3) is 0 Å². The van der Waals surface area contributed by atoms with Crippen LogP contribution in [0.25, 0.3) is 0 Å². The van der Waals surface area contributed by atoms with Crippen LogP contribution in [-0.4, -0.2) is 26.2 Å². The molecular weight excluding hydrogens is 280 g/mol. The molecule has 22 heavy (non-hydrogen) atoms. The van der Waals surface area contributed by atoms with Crippen molar-refractivity contribution in [3.63, 3.8) is 0 Å². The van der Waals surface area contributed by atoms with E-state index in [0.29, 0.717) is 6.42 Å². The molecule has 2 aliphatic carbocycles. The molecule has 0 radical (unpaired) electrons. The Hall–Kier alpha value is -2.10. The second-order valence-electron chi connectivity index (χ2n) is 5.98. The highest BCUT2D eigenvalue weighted by molar-refractivity contribution is 6.02. The van der Waals surface area contributed by atoms with Crippen molar-refractivity contribution < 1.29 is 19.1 Å². The predicted molar refractivity (Wildman–Crippen MR) is 81.1 cm³/mol. The van der Waals surface area contributed by atoms with Gasteiger partial charge in [-0.1, -0.05) is 42.0 Å². The van der Waals surface area contributed by atoms with Crippen molar-refractivity contribution in [1.82, 2.24) is 0 Å². The summed E-state index contributed by atoms with van der Waals surface area (Å²) in [6.07, 6.45) is 4.53. The molecule has 2 atom stereocenters. The van der Waals surface area contributed by atoms with E-state index in [0.717, 1.165) is 18.4 Å². The van der Waals surface area contributed by atoms with E-state index in [2.05, 4.69) is 6.08 Å². The summed E-state index contributed by atoms with van der Waals surface area (Å²) in [6.45, 7) is 0. The van der Waals surface area contributed by atoms with Crippen molar-refractivity contribution in [1.29, 1.82) is 0 Å². The zero-order valence-electron chi connectivity index (χ0n) is 12.9. The normalized spacial score (nSPS) is 25.3. The van der Waals surface area contributed by atoms with Crippen LogP contribution in [0.1, 0.15) is 30.7 Å². The first kappa shape index (κ1) is 14.8. The molecule has 1 aromatic carbocycles. The van der Waals surface area contributed by atoms with E-state index in [1.807, 2.05) is 30.3 Å². The highest BCUT2D eigenvalue weighted by Crippen LogP contribution is 2.60. The third-order valence-corrected chi connectivity index (χ3v) is 5.03. The van der Waals surface area contributed by atoms with Crippen molar-refractivity contribution in [2.24, 2.45) is 11.3 Å². The van der Waals surface area contributed by atoms with Gasteiger partial charge in [0.1, 0.15) is 0 Å². The number of ether oxygens (including phenoxy) is 2. The number of carbonyl (C=O) groups excluding carboxylic acids is 2. The molecule has 0 aromatic heterocycles. The molecule has 0 spiro atoms. The summed E-state index contributed by atoms with van der Waals surface area (Å²) in [7, 11) is 2.66. The number of rotatable bonds is 3. The highest BCUT2D eigenvalue weighted by atomic mass is 16.5. The van der Waals surface area contributed by atoms with Crippen molar-refractivity contribution in [3.8, 4) is 0 Å². The molecule has 116 valence electrons. The maximum Gasteiger partial charge on any atom is 0.324 e. The molecule has 0 heterocycles. The standard InChI is InChI=1S/C18H20O4/c1-21-16(19)18(17(20)22-2)11-13-9-6-10-14(13)15(18)12-7-4-3-5-8-12/h3-5,7-9,14-15H,6,10-11H2,1-2H3. The molecule has 2 unspecified atom stereocenters. The van der Waals surface area contributed by atoms with Gasteiger partial charge >= 0.3 is 11.9 Å². The van der Waals surface area contributed by atoms with Gasteiger partial charge < -0.3 is 9.47 Å². The minimum Gasteiger partial charge on any atom is -0.468 e. The number of hydrogen-bond donors (Lipinski definition) is 0. The smallest absolute Gasteiger partial charge is 0.324 e. The fourth-order valence-corrected chi connectivity index (χ4v) is 4.17. The largest absolute Gasteiger partial charge is 0.468 e. The van der Waals surface area contributed by atoms with Gasteiger partial charge in [-0.15, -0.1) is 0 Å².